The van der Waals surface area contributed by atoms with Crippen LogP contribution in [0.2, 0.25) is 0 Å². The summed E-state index contributed by atoms with van der Waals surface area (Å²) >= 11 is 0. The van der Waals surface area contributed by atoms with Crippen LogP contribution in [0.4, 0.5) is 15.8 Å². The Morgan fingerprint density at radius 1 is 0.886 bits per heavy atom. The summed E-state index contributed by atoms with van der Waals surface area (Å²) in [6, 6.07) is 15.6. The highest BCUT2D eigenvalue weighted by Crippen LogP contribution is 2.29. The quantitative estimate of drug-likeness (QED) is 0.455. The molecule has 0 unspecified atom stereocenters. The Bertz CT molecular complexity index is 1320. The van der Waals surface area contributed by atoms with Crippen LogP contribution < -0.4 is 15.4 Å². The van der Waals surface area contributed by atoms with Crippen LogP contribution in [0.3, 0.4) is 0 Å². The zero-order valence-corrected chi connectivity index (χ0v) is 20.4. The van der Waals surface area contributed by atoms with E-state index in [0.717, 1.165) is 6.07 Å². The van der Waals surface area contributed by atoms with Crippen molar-refractivity contribution in [3.8, 4) is 5.75 Å². The number of rotatable bonds is 9. The average Bonchev–Trinajstić information content (AvgIpc) is 2.85. The normalized spacial score (nSPS) is 11.2. The molecule has 184 valence electrons. The van der Waals surface area contributed by atoms with Crippen LogP contribution in [0.15, 0.2) is 71.6 Å². The van der Waals surface area contributed by atoms with Crippen molar-refractivity contribution in [3.05, 3.63) is 83.7 Å². The van der Waals surface area contributed by atoms with Crippen molar-refractivity contribution in [3.63, 3.8) is 0 Å². The number of halogens is 1. The number of benzene rings is 3. The smallest absolute Gasteiger partial charge is 0.255 e. The second-order valence-corrected chi connectivity index (χ2v) is 9.39. The maximum absolute atomic E-state index is 13.5. The molecule has 0 saturated carbocycles. The lowest BCUT2D eigenvalue weighted by atomic mass is 10.2. The molecule has 8 nitrogen and oxygen atoms in total. The molecule has 0 aliphatic rings. The number of amides is 2. The van der Waals surface area contributed by atoms with Gasteiger partial charge in [-0.3, -0.25) is 9.59 Å². The van der Waals surface area contributed by atoms with Gasteiger partial charge in [-0.05, 0) is 60.7 Å². The van der Waals surface area contributed by atoms with Crippen LogP contribution in [0.1, 0.15) is 34.6 Å². The fourth-order valence-corrected chi connectivity index (χ4v) is 4.86. The van der Waals surface area contributed by atoms with E-state index in [2.05, 4.69) is 10.6 Å². The molecular weight excluding hydrogens is 473 g/mol. The maximum atomic E-state index is 13.5. The first kappa shape index (κ1) is 25.9. The van der Waals surface area contributed by atoms with Gasteiger partial charge in [-0.2, -0.15) is 4.31 Å². The van der Waals surface area contributed by atoms with Crippen LogP contribution in [-0.4, -0.2) is 44.7 Å². The summed E-state index contributed by atoms with van der Waals surface area (Å²) in [6.07, 6.45) is 0. The molecule has 0 saturated heterocycles. The third-order valence-electron chi connectivity index (χ3n) is 5.25. The van der Waals surface area contributed by atoms with E-state index in [1.165, 1.54) is 59.9 Å². The standard InChI is InChI=1S/C25H26FN3O5S/c1-4-29(5-2)35(32,33)21-12-9-17(10-13-21)24(30)27-20-11-14-23(34-3)22(16-20)28-25(31)18-7-6-8-19(26)15-18/h6-16H,4-5H2,1-3H3,(H,27,30)(H,28,31). The number of anilines is 2. The SMILES string of the molecule is CCN(CC)S(=O)(=O)c1ccc(C(=O)Nc2ccc(OC)c(NC(=O)c3cccc(F)c3)c2)cc1. The molecule has 2 N–H and O–H groups in total. The van der Waals surface area contributed by atoms with E-state index in [9.17, 15) is 22.4 Å². The average molecular weight is 500 g/mol. The van der Waals surface area contributed by atoms with Gasteiger partial charge < -0.3 is 15.4 Å². The van der Waals surface area contributed by atoms with E-state index in [1.807, 2.05) is 0 Å². The van der Waals surface area contributed by atoms with Crippen molar-refractivity contribution in [2.24, 2.45) is 0 Å². The van der Waals surface area contributed by atoms with Gasteiger partial charge in [0.1, 0.15) is 11.6 Å². The second-order valence-electron chi connectivity index (χ2n) is 7.45. The van der Waals surface area contributed by atoms with Gasteiger partial charge in [0.15, 0.2) is 0 Å². The van der Waals surface area contributed by atoms with Gasteiger partial charge in [0.05, 0.1) is 17.7 Å². The number of nitrogens with zero attached hydrogens (tertiary/aromatic N) is 1. The van der Waals surface area contributed by atoms with Crippen LogP contribution in [0, 0.1) is 5.82 Å². The first-order chi connectivity index (χ1) is 16.7. The van der Waals surface area contributed by atoms with E-state index >= 15 is 0 Å². The van der Waals surface area contributed by atoms with Crippen LogP contribution in [0.25, 0.3) is 0 Å². The number of carbonyl (C=O) groups excluding carboxylic acids is 2. The summed E-state index contributed by atoms with van der Waals surface area (Å²) in [7, 11) is -2.20. The molecule has 0 radical (unpaired) electrons. The molecule has 0 aliphatic heterocycles. The lowest BCUT2D eigenvalue weighted by Gasteiger charge is -2.18. The first-order valence-electron chi connectivity index (χ1n) is 10.9. The number of hydrogen-bond donors (Lipinski definition) is 2. The monoisotopic (exact) mass is 499 g/mol. The Morgan fingerprint density at radius 2 is 1.54 bits per heavy atom. The summed E-state index contributed by atoms with van der Waals surface area (Å²) < 4.78 is 45.3. The summed E-state index contributed by atoms with van der Waals surface area (Å²) in [5.41, 5.74) is 1.02. The molecular formula is C25H26FN3O5S. The third kappa shape index (κ3) is 6.03. The van der Waals surface area contributed by atoms with Gasteiger partial charge in [0, 0.05) is 29.9 Å². The van der Waals surface area contributed by atoms with Crippen molar-refractivity contribution >= 4 is 33.2 Å². The molecule has 35 heavy (non-hydrogen) atoms. The Morgan fingerprint density at radius 3 is 2.14 bits per heavy atom. The van der Waals surface area contributed by atoms with Crippen molar-refractivity contribution < 1.29 is 27.1 Å². The minimum Gasteiger partial charge on any atom is -0.495 e. The summed E-state index contributed by atoms with van der Waals surface area (Å²) in [5, 5.41) is 5.36. The summed E-state index contributed by atoms with van der Waals surface area (Å²) in [5.74, 6) is -1.21. The largest absolute Gasteiger partial charge is 0.495 e. The molecule has 0 spiro atoms. The van der Waals surface area contributed by atoms with E-state index in [4.69, 9.17) is 4.74 Å². The molecule has 3 rings (SSSR count). The van der Waals surface area contributed by atoms with Crippen LogP contribution in [-0.2, 0) is 10.0 Å². The molecule has 0 heterocycles. The number of hydrogen-bond acceptors (Lipinski definition) is 5. The minimum absolute atomic E-state index is 0.101. The summed E-state index contributed by atoms with van der Waals surface area (Å²) in [4.78, 5) is 25.4. The van der Waals surface area contributed by atoms with Crippen molar-refractivity contribution in [1.29, 1.82) is 0 Å². The fourth-order valence-electron chi connectivity index (χ4n) is 3.40. The molecule has 0 aliphatic carbocycles. The third-order valence-corrected chi connectivity index (χ3v) is 7.32. The molecule has 3 aromatic carbocycles. The highest BCUT2D eigenvalue weighted by molar-refractivity contribution is 7.89. The highest BCUT2D eigenvalue weighted by Gasteiger charge is 2.22. The first-order valence-corrected chi connectivity index (χ1v) is 12.3. The molecule has 0 aromatic heterocycles. The van der Waals surface area contributed by atoms with Crippen LogP contribution in [0.5, 0.6) is 5.75 Å². The fraction of sp³-hybridized carbons (Fsp3) is 0.200. The molecule has 0 atom stereocenters. The summed E-state index contributed by atoms with van der Waals surface area (Å²) in [6.45, 7) is 4.20. The number of methoxy groups -OCH3 is 1. The Hall–Kier alpha value is -3.76. The van der Waals surface area contributed by atoms with Crippen molar-refractivity contribution in [2.45, 2.75) is 18.7 Å². The minimum atomic E-state index is -3.63. The number of ether oxygens (including phenoxy) is 1. The maximum Gasteiger partial charge on any atom is 0.255 e. The lowest BCUT2D eigenvalue weighted by Crippen LogP contribution is -2.30. The molecule has 3 aromatic rings. The van der Waals surface area contributed by atoms with E-state index < -0.39 is 27.7 Å². The van der Waals surface area contributed by atoms with Gasteiger partial charge in [-0.15, -0.1) is 0 Å². The topological polar surface area (TPSA) is 105 Å². The van der Waals surface area contributed by atoms with Crippen molar-refractivity contribution in [2.75, 3.05) is 30.8 Å². The Kier molecular flexibility index (Phi) is 8.21. The molecule has 0 fully saturated rings. The second kappa shape index (κ2) is 11.1. The van der Waals surface area contributed by atoms with Crippen molar-refractivity contribution in [1.82, 2.24) is 4.31 Å². The van der Waals surface area contributed by atoms with Gasteiger partial charge in [-0.25, -0.2) is 12.8 Å². The molecule has 10 heteroatoms. The number of carbonyl (C=O) groups is 2. The van der Waals surface area contributed by atoms with Gasteiger partial charge in [0.2, 0.25) is 10.0 Å². The predicted molar refractivity (Wildman–Crippen MR) is 132 cm³/mol. The van der Waals surface area contributed by atoms with Gasteiger partial charge >= 0.3 is 0 Å². The van der Waals surface area contributed by atoms with Gasteiger partial charge in [0.25, 0.3) is 11.8 Å². The zero-order chi connectivity index (χ0) is 25.6. The van der Waals surface area contributed by atoms with E-state index in [-0.39, 0.29) is 21.7 Å². The highest BCUT2D eigenvalue weighted by atomic mass is 32.2. The van der Waals surface area contributed by atoms with Crippen LogP contribution >= 0.6 is 0 Å². The van der Waals surface area contributed by atoms with Gasteiger partial charge in [-0.1, -0.05) is 19.9 Å². The molecule has 0 bridgehead atoms. The predicted octanol–water partition coefficient (Wildman–Crippen LogP) is 4.37. The van der Waals surface area contributed by atoms with E-state index in [1.54, 1.807) is 26.0 Å². The number of sulfonamides is 1. The molecule has 2 amide bonds. The van der Waals surface area contributed by atoms with E-state index in [0.29, 0.717) is 24.5 Å². The Balaban J connectivity index is 1.78. The zero-order valence-electron chi connectivity index (χ0n) is 19.5. The Labute approximate surface area is 203 Å². The number of nitrogens with one attached hydrogen (secondary N) is 2. The lowest BCUT2D eigenvalue weighted by molar-refractivity contribution is 0.101.